The molecule has 4 heteroatoms. The summed E-state index contributed by atoms with van der Waals surface area (Å²) >= 11 is 0. The highest BCUT2D eigenvalue weighted by Crippen LogP contribution is 2.22. The molecule has 0 aliphatic carbocycles. The standard InChI is InChI=1S/C18H22N2O2/c1-21-17-9-7-15(8-10-17)20-12-11-19-13-16(20)14-22-18-5-3-2-4-6-18/h2-10,16,19H,11-14H2,1H3. The van der Waals surface area contributed by atoms with Gasteiger partial charge < -0.3 is 19.7 Å². The number of nitrogens with zero attached hydrogens (tertiary/aromatic N) is 1. The molecule has 3 rings (SSSR count). The zero-order chi connectivity index (χ0) is 15.2. The number of rotatable bonds is 5. The maximum absolute atomic E-state index is 5.94. The number of hydrogen-bond acceptors (Lipinski definition) is 4. The lowest BCUT2D eigenvalue weighted by molar-refractivity contribution is 0.267. The maximum atomic E-state index is 5.94. The summed E-state index contributed by atoms with van der Waals surface area (Å²) in [5, 5.41) is 3.45. The summed E-state index contributed by atoms with van der Waals surface area (Å²) in [6, 6.07) is 18.5. The van der Waals surface area contributed by atoms with Crippen LogP contribution in [0.4, 0.5) is 5.69 Å². The van der Waals surface area contributed by atoms with Gasteiger partial charge in [0.15, 0.2) is 0 Å². The average molecular weight is 298 g/mol. The normalized spacial score (nSPS) is 18.0. The van der Waals surface area contributed by atoms with Gasteiger partial charge in [-0.1, -0.05) is 18.2 Å². The first-order valence-electron chi connectivity index (χ1n) is 7.66. The fourth-order valence-corrected chi connectivity index (χ4v) is 2.73. The van der Waals surface area contributed by atoms with E-state index < -0.39 is 0 Å². The first kappa shape index (κ1) is 14.7. The highest BCUT2D eigenvalue weighted by Gasteiger charge is 2.23. The van der Waals surface area contributed by atoms with Crippen molar-refractivity contribution >= 4 is 5.69 Å². The van der Waals surface area contributed by atoms with Gasteiger partial charge in [0.05, 0.1) is 13.2 Å². The second kappa shape index (κ2) is 7.18. The van der Waals surface area contributed by atoms with Crippen molar-refractivity contribution in [3.63, 3.8) is 0 Å². The predicted molar refractivity (Wildman–Crippen MR) is 88.9 cm³/mol. The molecule has 0 saturated carbocycles. The Labute approximate surface area is 131 Å². The molecule has 1 aliphatic rings. The third kappa shape index (κ3) is 3.52. The zero-order valence-electron chi connectivity index (χ0n) is 12.9. The quantitative estimate of drug-likeness (QED) is 0.920. The van der Waals surface area contributed by atoms with Crippen LogP contribution in [0.5, 0.6) is 11.5 Å². The molecule has 1 atom stereocenters. The fourth-order valence-electron chi connectivity index (χ4n) is 2.73. The van der Waals surface area contributed by atoms with Crippen LogP contribution in [0, 0.1) is 0 Å². The highest BCUT2D eigenvalue weighted by molar-refractivity contribution is 5.50. The Hall–Kier alpha value is -2.20. The second-order valence-corrected chi connectivity index (χ2v) is 5.37. The Morgan fingerprint density at radius 1 is 1.05 bits per heavy atom. The smallest absolute Gasteiger partial charge is 0.119 e. The summed E-state index contributed by atoms with van der Waals surface area (Å²) in [6.07, 6.45) is 0. The van der Waals surface area contributed by atoms with Gasteiger partial charge in [-0.15, -0.1) is 0 Å². The van der Waals surface area contributed by atoms with Crippen LogP contribution >= 0.6 is 0 Å². The summed E-state index contributed by atoms with van der Waals surface area (Å²) in [4.78, 5) is 2.40. The minimum Gasteiger partial charge on any atom is -0.497 e. The van der Waals surface area contributed by atoms with E-state index in [1.54, 1.807) is 7.11 Å². The van der Waals surface area contributed by atoms with Gasteiger partial charge in [0.25, 0.3) is 0 Å². The fraction of sp³-hybridized carbons (Fsp3) is 0.333. The molecule has 0 radical (unpaired) electrons. The minimum absolute atomic E-state index is 0.322. The first-order chi connectivity index (χ1) is 10.9. The molecule has 1 heterocycles. The van der Waals surface area contributed by atoms with Crippen molar-refractivity contribution in [2.24, 2.45) is 0 Å². The molecule has 1 unspecified atom stereocenters. The van der Waals surface area contributed by atoms with Gasteiger partial charge in [-0.2, -0.15) is 0 Å². The van der Waals surface area contributed by atoms with E-state index in [9.17, 15) is 0 Å². The van der Waals surface area contributed by atoms with Crippen LogP contribution in [-0.2, 0) is 0 Å². The molecule has 4 nitrogen and oxygen atoms in total. The van der Waals surface area contributed by atoms with Crippen LogP contribution in [-0.4, -0.2) is 39.4 Å². The van der Waals surface area contributed by atoms with E-state index in [0.29, 0.717) is 12.6 Å². The van der Waals surface area contributed by atoms with E-state index in [-0.39, 0.29) is 0 Å². The Balaban J connectivity index is 1.67. The summed E-state index contributed by atoms with van der Waals surface area (Å²) in [5.41, 5.74) is 1.21. The van der Waals surface area contributed by atoms with Crippen LogP contribution in [0.15, 0.2) is 54.6 Å². The molecule has 1 saturated heterocycles. The maximum Gasteiger partial charge on any atom is 0.119 e. The molecule has 0 aromatic heterocycles. The number of piperazine rings is 1. The lowest BCUT2D eigenvalue weighted by atomic mass is 10.1. The summed E-state index contributed by atoms with van der Waals surface area (Å²) in [5.74, 6) is 1.80. The van der Waals surface area contributed by atoms with E-state index >= 15 is 0 Å². The Bertz CT molecular complexity index is 571. The van der Waals surface area contributed by atoms with E-state index in [4.69, 9.17) is 9.47 Å². The Morgan fingerprint density at radius 3 is 2.55 bits per heavy atom. The van der Waals surface area contributed by atoms with Crippen molar-refractivity contribution < 1.29 is 9.47 Å². The van der Waals surface area contributed by atoms with Gasteiger partial charge in [0.2, 0.25) is 0 Å². The van der Waals surface area contributed by atoms with Crippen LogP contribution in [0.25, 0.3) is 0 Å². The number of benzene rings is 2. The van der Waals surface area contributed by atoms with Crippen molar-refractivity contribution in [2.75, 3.05) is 38.3 Å². The van der Waals surface area contributed by atoms with Gasteiger partial charge in [-0.25, -0.2) is 0 Å². The second-order valence-electron chi connectivity index (χ2n) is 5.37. The van der Waals surface area contributed by atoms with Gasteiger partial charge >= 0.3 is 0 Å². The number of para-hydroxylation sites is 1. The van der Waals surface area contributed by atoms with Crippen molar-refractivity contribution in [3.8, 4) is 11.5 Å². The van der Waals surface area contributed by atoms with E-state index in [0.717, 1.165) is 31.1 Å². The number of hydrogen-bond donors (Lipinski definition) is 1. The van der Waals surface area contributed by atoms with Crippen LogP contribution in [0.1, 0.15) is 0 Å². The van der Waals surface area contributed by atoms with Gasteiger partial charge in [0.1, 0.15) is 18.1 Å². The third-order valence-corrected chi connectivity index (χ3v) is 3.94. The molecule has 0 amide bonds. The minimum atomic E-state index is 0.322. The molecular weight excluding hydrogens is 276 g/mol. The molecule has 1 aliphatic heterocycles. The Kier molecular flexibility index (Phi) is 4.81. The van der Waals surface area contributed by atoms with Gasteiger partial charge in [-0.3, -0.25) is 0 Å². The monoisotopic (exact) mass is 298 g/mol. The predicted octanol–water partition coefficient (Wildman–Crippen LogP) is 2.55. The lowest BCUT2D eigenvalue weighted by Gasteiger charge is -2.37. The summed E-state index contributed by atoms with van der Waals surface area (Å²) < 4.78 is 11.2. The summed E-state index contributed by atoms with van der Waals surface area (Å²) in [6.45, 7) is 3.57. The van der Waals surface area contributed by atoms with Crippen molar-refractivity contribution in [1.29, 1.82) is 0 Å². The van der Waals surface area contributed by atoms with Crippen LogP contribution in [0.3, 0.4) is 0 Å². The van der Waals surface area contributed by atoms with E-state index in [1.165, 1.54) is 5.69 Å². The molecule has 0 spiro atoms. The van der Waals surface area contributed by atoms with Crippen molar-refractivity contribution in [2.45, 2.75) is 6.04 Å². The average Bonchev–Trinajstić information content (AvgIpc) is 2.61. The van der Waals surface area contributed by atoms with E-state index in [1.807, 2.05) is 42.5 Å². The molecule has 0 bridgehead atoms. The van der Waals surface area contributed by atoms with Crippen molar-refractivity contribution in [3.05, 3.63) is 54.6 Å². The molecule has 1 fully saturated rings. The lowest BCUT2D eigenvalue weighted by Crippen LogP contribution is -2.54. The van der Waals surface area contributed by atoms with Crippen LogP contribution in [0.2, 0.25) is 0 Å². The molecule has 22 heavy (non-hydrogen) atoms. The van der Waals surface area contributed by atoms with Crippen molar-refractivity contribution in [1.82, 2.24) is 5.32 Å². The largest absolute Gasteiger partial charge is 0.497 e. The SMILES string of the molecule is COc1ccc(N2CCNCC2COc2ccccc2)cc1. The number of ether oxygens (including phenoxy) is 2. The molecule has 2 aromatic rings. The van der Waals surface area contributed by atoms with Crippen LogP contribution < -0.4 is 19.7 Å². The molecule has 116 valence electrons. The number of anilines is 1. The molecule has 1 N–H and O–H groups in total. The topological polar surface area (TPSA) is 33.7 Å². The van der Waals surface area contributed by atoms with Gasteiger partial charge in [-0.05, 0) is 36.4 Å². The van der Waals surface area contributed by atoms with Gasteiger partial charge in [0, 0.05) is 25.3 Å². The zero-order valence-corrected chi connectivity index (χ0v) is 12.9. The third-order valence-electron chi connectivity index (χ3n) is 3.94. The number of methoxy groups -OCH3 is 1. The first-order valence-corrected chi connectivity index (χ1v) is 7.66. The summed E-state index contributed by atoms with van der Waals surface area (Å²) in [7, 11) is 1.69. The number of nitrogens with one attached hydrogen (secondary N) is 1. The Morgan fingerprint density at radius 2 is 1.82 bits per heavy atom. The molecule has 2 aromatic carbocycles. The highest BCUT2D eigenvalue weighted by atomic mass is 16.5. The van der Waals surface area contributed by atoms with E-state index in [2.05, 4.69) is 22.3 Å². The molecular formula is C18H22N2O2.